The molecule has 6 heteroatoms. The molecule has 0 aliphatic heterocycles. The molecule has 78 valence electrons. The van der Waals surface area contributed by atoms with Crippen LogP contribution in [0.4, 0.5) is 0 Å². The summed E-state index contributed by atoms with van der Waals surface area (Å²) in [6.07, 6.45) is 0. The molecular formula is C8H12ClN3O2. The van der Waals surface area contributed by atoms with Crippen LogP contribution < -0.4 is 11.2 Å². The molecule has 0 unspecified atom stereocenters. The first-order valence-electron chi connectivity index (χ1n) is 4.15. The van der Waals surface area contributed by atoms with E-state index in [2.05, 4.69) is 4.98 Å². The standard InChI is InChI=1S/C8H12ClN3O2/c1-11(2)3-4-12-7(13)5-6(9)10-8(12)14/h5H,3-4H2,1-2H3,(H,10,14). The lowest BCUT2D eigenvalue weighted by atomic mass is 10.5. The summed E-state index contributed by atoms with van der Waals surface area (Å²) in [5, 5.41) is 0.0705. The lowest BCUT2D eigenvalue weighted by Crippen LogP contribution is -2.37. The molecule has 0 bridgehead atoms. The lowest BCUT2D eigenvalue weighted by molar-refractivity contribution is 0.376. The average molecular weight is 218 g/mol. The number of aromatic nitrogens is 2. The second kappa shape index (κ2) is 4.43. The van der Waals surface area contributed by atoms with E-state index in [0.717, 1.165) is 4.57 Å². The summed E-state index contributed by atoms with van der Waals surface area (Å²) < 4.78 is 1.12. The van der Waals surface area contributed by atoms with Gasteiger partial charge in [0, 0.05) is 19.2 Å². The number of likely N-dealkylation sites (N-methyl/N-ethyl adjacent to an activating group) is 1. The number of rotatable bonds is 3. The SMILES string of the molecule is CN(C)CCn1c(=O)cc(Cl)[nH]c1=O. The first-order valence-corrected chi connectivity index (χ1v) is 4.53. The Morgan fingerprint density at radius 3 is 2.64 bits per heavy atom. The van der Waals surface area contributed by atoms with Crippen molar-refractivity contribution in [3.8, 4) is 0 Å². The molecule has 1 N–H and O–H groups in total. The molecule has 0 aromatic carbocycles. The quantitative estimate of drug-likeness (QED) is 0.711. The molecule has 0 amide bonds. The fraction of sp³-hybridized carbons (Fsp3) is 0.500. The van der Waals surface area contributed by atoms with E-state index in [-0.39, 0.29) is 10.7 Å². The van der Waals surface area contributed by atoms with Gasteiger partial charge in [0.2, 0.25) is 0 Å². The normalized spacial score (nSPS) is 10.9. The fourth-order valence-corrected chi connectivity index (χ4v) is 1.18. The molecule has 1 heterocycles. The zero-order valence-corrected chi connectivity index (χ0v) is 8.84. The molecule has 0 aliphatic carbocycles. The van der Waals surface area contributed by atoms with Gasteiger partial charge in [-0.05, 0) is 14.1 Å². The predicted molar refractivity (Wildman–Crippen MR) is 54.9 cm³/mol. The third kappa shape index (κ3) is 2.71. The molecule has 0 saturated heterocycles. The molecule has 0 saturated carbocycles. The second-order valence-corrected chi connectivity index (χ2v) is 3.62. The van der Waals surface area contributed by atoms with Crippen molar-refractivity contribution in [3.05, 3.63) is 32.1 Å². The summed E-state index contributed by atoms with van der Waals surface area (Å²) in [5.41, 5.74) is -0.843. The third-order valence-electron chi connectivity index (χ3n) is 1.76. The summed E-state index contributed by atoms with van der Waals surface area (Å²) in [5.74, 6) is 0. The van der Waals surface area contributed by atoms with E-state index < -0.39 is 5.69 Å². The number of nitrogens with zero attached hydrogens (tertiary/aromatic N) is 2. The van der Waals surface area contributed by atoms with Gasteiger partial charge >= 0.3 is 5.69 Å². The Bertz CT molecular complexity index is 390. The highest BCUT2D eigenvalue weighted by atomic mass is 35.5. The molecule has 14 heavy (non-hydrogen) atoms. The maximum absolute atomic E-state index is 11.3. The van der Waals surface area contributed by atoms with Crippen LogP contribution in [0.25, 0.3) is 0 Å². The van der Waals surface area contributed by atoms with Crippen LogP contribution in [-0.2, 0) is 6.54 Å². The molecule has 0 atom stereocenters. The van der Waals surface area contributed by atoms with Crippen molar-refractivity contribution < 1.29 is 0 Å². The molecule has 1 aromatic heterocycles. The average Bonchev–Trinajstić information content (AvgIpc) is 2.01. The molecule has 1 rings (SSSR count). The van der Waals surface area contributed by atoms with Crippen molar-refractivity contribution in [3.63, 3.8) is 0 Å². The van der Waals surface area contributed by atoms with Crippen molar-refractivity contribution in [1.29, 1.82) is 0 Å². The minimum Gasteiger partial charge on any atom is -0.308 e. The van der Waals surface area contributed by atoms with Gasteiger partial charge in [-0.3, -0.25) is 14.3 Å². The van der Waals surface area contributed by atoms with Gasteiger partial charge in [0.1, 0.15) is 5.15 Å². The monoisotopic (exact) mass is 217 g/mol. The van der Waals surface area contributed by atoms with Gasteiger partial charge in [-0.25, -0.2) is 4.79 Å². The first kappa shape index (κ1) is 11.0. The Morgan fingerprint density at radius 1 is 1.50 bits per heavy atom. The number of hydrogen-bond donors (Lipinski definition) is 1. The van der Waals surface area contributed by atoms with Gasteiger partial charge in [-0.2, -0.15) is 0 Å². The molecule has 1 aromatic rings. The number of hydrogen-bond acceptors (Lipinski definition) is 3. The van der Waals surface area contributed by atoms with E-state index in [1.807, 2.05) is 19.0 Å². The molecular weight excluding hydrogens is 206 g/mol. The van der Waals surface area contributed by atoms with Gasteiger partial charge in [-0.15, -0.1) is 0 Å². The van der Waals surface area contributed by atoms with Crippen LogP contribution >= 0.6 is 11.6 Å². The minimum absolute atomic E-state index is 0.0705. The van der Waals surface area contributed by atoms with Crippen molar-refractivity contribution in [2.24, 2.45) is 0 Å². The van der Waals surface area contributed by atoms with Gasteiger partial charge in [-0.1, -0.05) is 11.6 Å². The number of nitrogens with one attached hydrogen (secondary N) is 1. The van der Waals surface area contributed by atoms with E-state index in [9.17, 15) is 9.59 Å². The highest BCUT2D eigenvalue weighted by Gasteiger charge is 2.02. The third-order valence-corrected chi connectivity index (χ3v) is 1.96. The zero-order valence-electron chi connectivity index (χ0n) is 8.08. The summed E-state index contributed by atoms with van der Waals surface area (Å²) >= 11 is 5.51. The summed E-state index contributed by atoms with van der Waals surface area (Å²) in [7, 11) is 3.74. The largest absolute Gasteiger partial charge is 0.329 e. The summed E-state index contributed by atoms with van der Waals surface area (Å²) in [6.45, 7) is 0.989. The zero-order chi connectivity index (χ0) is 10.7. The maximum atomic E-state index is 11.3. The summed E-state index contributed by atoms with van der Waals surface area (Å²) in [4.78, 5) is 26.8. The van der Waals surface area contributed by atoms with E-state index in [4.69, 9.17) is 11.6 Å². The van der Waals surface area contributed by atoms with Crippen LogP contribution in [-0.4, -0.2) is 35.1 Å². The molecule has 0 radical (unpaired) electrons. The Morgan fingerprint density at radius 2 is 2.14 bits per heavy atom. The van der Waals surface area contributed by atoms with Crippen LogP contribution in [0.2, 0.25) is 5.15 Å². The van der Waals surface area contributed by atoms with E-state index in [1.165, 1.54) is 6.07 Å². The van der Waals surface area contributed by atoms with E-state index >= 15 is 0 Å². The van der Waals surface area contributed by atoms with Gasteiger partial charge in [0.25, 0.3) is 5.56 Å². The molecule has 0 fully saturated rings. The Hall–Kier alpha value is -1.07. The Kier molecular flexibility index (Phi) is 3.49. The maximum Gasteiger partial charge on any atom is 0.329 e. The van der Waals surface area contributed by atoms with Crippen molar-refractivity contribution in [1.82, 2.24) is 14.5 Å². The topological polar surface area (TPSA) is 58.1 Å². The Balaban J connectivity index is 2.98. The second-order valence-electron chi connectivity index (χ2n) is 3.22. The van der Waals surface area contributed by atoms with Gasteiger partial charge in [0.15, 0.2) is 0 Å². The van der Waals surface area contributed by atoms with E-state index in [1.54, 1.807) is 0 Å². The van der Waals surface area contributed by atoms with Crippen LogP contribution in [0, 0.1) is 0 Å². The molecule has 5 nitrogen and oxygen atoms in total. The van der Waals surface area contributed by atoms with Gasteiger partial charge < -0.3 is 4.90 Å². The van der Waals surface area contributed by atoms with Crippen molar-refractivity contribution >= 4 is 11.6 Å². The highest BCUT2D eigenvalue weighted by Crippen LogP contribution is 1.93. The number of aromatic amines is 1. The number of H-pyrrole nitrogens is 1. The molecule has 0 spiro atoms. The van der Waals surface area contributed by atoms with Crippen LogP contribution in [0.1, 0.15) is 0 Å². The lowest BCUT2D eigenvalue weighted by Gasteiger charge is -2.09. The van der Waals surface area contributed by atoms with E-state index in [0.29, 0.717) is 13.1 Å². The van der Waals surface area contributed by atoms with Crippen LogP contribution in [0.3, 0.4) is 0 Å². The highest BCUT2D eigenvalue weighted by molar-refractivity contribution is 6.29. The minimum atomic E-state index is -0.468. The first-order chi connectivity index (χ1) is 6.50. The summed E-state index contributed by atoms with van der Waals surface area (Å²) in [6, 6.07) is 1.19. The van der Waals surface area contributed by atoms with Gasteiger partial charge in [0.05, 0.1) is 0 Å². The molecule has 0 aliphatic rings. The Labute approximate surface area is 85.9 Å². The van der Waals surface area contributed by atoms with Crippen LogP contribution in [0.5, 0.6) is 0 Å². The van der Waals surface area contributed by atoms with Crippen molar-refractivity contribution in [2.75, 3.05) is 20.6 Å². The van der Waals surface area contributed by atoms with Crippen LogP contribution in [0.15, 0.2) is 15.7 Å². The predicted octanol–water partition coefficient (Wildman–Crippen LogP) is -0.248. The number of halogens is 1. The fourth-order valence-electron chi connectivity index (χ4n) is 1.00. The smallest absolute Gasteiger partial charge is 0.308 e. The van der Waals surface area contributed by atoms with Crippen molar-refractivity contribution in [2.45, 2.75) is 6.54 Å².